The van der Waals surface area contributed by atoms with E-state index in [0.717, 1.165) is 43.9 Å². The van der Waals surface area contributed by atoms with Gasteiger partial charge in [0.15, 0.2) is 9.84 Å². The Balaban J connectivity index is 1.07. The monoisotopic (exact) mass is 720 g/mol. The van der Waals surface area contributed by atoms with Gasteiger partial charge in [0.2, 0.25) is 0 Å². The summed E-state index contributed by atoms with van der Waals surface area (Å²) in [6.45, 7) is 24.3. The number of carbonyl (C=O) groups is 1. The lowest BCUT2D eigenvalue weighted by Crippen LogP contribution is -2.69. The zero-order valence-electron chi connectivity index (χ0n) is 32.9. The maximum atomic E-state index is 11.9. The van der Waals surface area contributed by atoms with Crippen molar-refractivity contribution in [2.75, 3.05) is 42.6 Å². The predicted octanol–water partition coefficient (Wildman–Crippen LogP) is 9.34. The summed E-state index contributed by atoms with van der Waals surface area (Å²) >= 11 is 0. The number of allylic oxidation sites excluding steroid dienone is 1. The lowest BCUT2D eigenvalue weighted by atomic mass is 9.33. The van der Waals surface area contributed by atoms with E-state index in [4.69, 9.17) is 4.74 Å². The number of ether oxygens (including phenoxy) is 1. The summed E-state index contributed by atoms with van der Waals surface area (Å²) < 4.78 is 28.9. The van der Waals surface area contributed by atoms with Gasteiger partial charge in [0.05, 0.1) is 11.5 Å². The van der Waals surface area contributed by atoms with E-state index >= 15 is 0 Å². The van der Waals surface area contributed by atoms with Crippen molar-refractivity contribution in [3.8, 4) is 5.75 Å². The van der Waals surface area contributed by atoms with Gasteiger partial charge in [0, 0.05) is 30.9 Å². The van der Waals surface area contributed by atoms with Crippen molar-refractivity contribution in [2.24, 2.45) is 51.2 Å². The molecule has 7 heteroatoms. The van der Waals surface area contributed by atoms with Crippen LogP contribution in [0.3, 0.4) is 0 Å². The van der Waals surface area contributed by atoms with Crippen molar-refractivity contribution >= 4 is 22.0 Å². The van der Waals surface area contributed by atoms with Gasteiger partial charge < -0.3 is 14.5 Å². The summed E-state index contributed by atoms with van der Waals surface area (Å²) in [5.41, 5.74) is 4.22. The zero-order valence-corrected chi connectivity index (χ0v) is 33.7. The van der Waals surface area contributed by atoms with Crippen LogP contribution in [0.4, 0.5) is 5.69 Å². The third-order valence-electron chi connectivity index (χ3n) is 17.3. The lowest BCUT2D eigenvalue weighted by Gasteiger charge is -2.73. The van der Waals surface area contributed by atoms with Gasteiger partial charge in [-0.15, -0.1) is 0 Å². The van der Waals surface area contributed by atoms with Crippen molar-refractivity contribution < 1.29 is 17.9 Å². The quantitative estimate of drug-likeness (QED) is 0.136. The molecule has 0 unspecified atom stereocenters. The molecule has 1 aromatic rings. The van der Waals surface area contributed by atoms with Gasteiger partial charge in [-0.25, -0.2) is 8.42 Å². The Kier molecular flexibility index (Phi) is 9.89. The van der Waals surface area contributed by atoms with Crippen LogP contribution in [-0.2, 0) is 14.6 Å². The smallest absolute Gasteiger partial charge is 0.298 e. The number of fused-ring (bicyclic) bond motifs is 7. The number of benzene rings is 1. The number of nitrogens with zero attached hydrogens (tertiary/aromatic N) is 2. The van der Waals surface area contributed by atoms with Crippen molar-refractivity contribution in [3.63, 3.8) is 0 Å². The number of carbonyl (C=O) groups excluding carboxylic acids is 1. The average Bonchev–Trinajstić information content (AvgIpc) is 3.46. The number of unbranched alkanes of at least 4 members (excludes halogenated alkanes) is 2. The minimum Gasteiger partial charge on any atom is -0.429 e. The topological polar surface area (TPSA) is 66.9 Å². The standard InChI is InChI=1S/C44H68N2O4S/c1-32(2)35-17-21-44(19-9-8-10-25-45-27-29-51(48,49)30-28-45)23-22-42(6)36(39(35)44)15-16-38-41(5)24-26-46(33-11-13-34(14-12-33)50-31-47)40(3,4)37(41)18-20-43(38,42)7/h11-14,31,35-39H,1,8-10,15-30H2,2-7H3/t35-,36+,37-,38+,39+,41-,42+,43+,44+/m0/s1. The third-order valence-corrected chi connectivity index (χ3v) is 19.0. The van der Waals surface area contributed by atoms with Crippen molar-refractivity contribution in [3.05, 3.63) is 36.4 Å². The van der Waals surface area contributed by atoms with Crippen LogP contribution in [0.15, 0.2) is 36.4 Å². The van der Waals surface area contributed by atoms with Gasteiger partial charge in [-0.1, -0.05) is 45.8 Å². The SMILES string of the molecule is C=C(C)[C@@H]1CC[C@]2(CCCCCN3CCS(=O)(=O)CC3)CC[C@]3(C)[C@H](CC[C@@H]4[C@@]5(C)CCN(c6ccc(OC=O)cc6)C(C)(C)[C@@H]5CC[C@]43C)[C@@H]12. The van der Waals surface area contributed by atoms with E-state index in [1.807, 2.05) is 12.1 Å². The number of anilines is 1. The summed E-state index contributed by atoms with van der Waals surface area (Å²) in [5.74, 6) is 4.89. The van der Waals surface area contributed by atoms with Crippen LogP contribution in [0.25, 0.3) is 0 Å². The number of hydrogen-bond acceptors (Lipinski definition) is 6. The van der Waals surface area contributed by atoms with Gasteiger partial charge >= 0.3 is 0 Å². The molecule has 0 amide bonds. The van der Waals surface area contributed by atoms with E-state index < -0.39 is 9.84 Å². The second-order valence-electron chi connectivity index (χ2n) is 19.6. The minimum absolute atomic E-state index is 0.0447. The van der Waals surface area contributed by atoms with Crippen LogP contribution in [0.2, 0.25) is 0 Å². The summed E-state index contributed by atoms with van der Waals surface area (Å²) in [4.78, 5) is 15.9. The molecule has 2 heterocycles. The molecule has 0 aromatic heterocycles. The Bertz CT molecular complexity index is 1560. The Morgan fingerprint density at radius 1 is 0.843 bits per heavy atom. The molecule has 51 heavy (non-hydrogen) atoms. The molecule has 1 aromatic carbocycles. The van der Waals surface area contributed by atoms with Crippen LogP contribution < -0.4 is 9.64 Å². The molecule has 6 aliphatic rings. The summed E-state index contributed by atoms with van der Waals surface area (Å²) in [6, 6.07) is 8.15. The number of rotatable bonds is 10. The van der Waals surface area contributed by atoms with Gasteiger partial charge in [0.25, 0.3) is 6.47 Å². The summed E-state index contributed by atoms with van der Waals surface area (Å²) in [7, 11) is -2.81. The highest BCUT2D eigenvalue weighted by molar-refractivity contribution is 7.91. The first-order chi connectivity index (χ1) is 24.1. The Hall–Kier alpha value is -1.86. The highest BCUT2D eigenvalue weighted by atomic mass is 32.2. The van der Waals surface area contributed by atoms with E-state index in [0.29, 0.717) is 57.2 Å². The van der Waals surface area contributed by atoms with Crippen LogP contribution >= 0.6 is 0 Å². The second-order valence-corrected chi connectivity index (χ2v) is 21.9. The van der Waals surface area contributed by atoms with Crippen LogP contribution in [0.5, 0.6) is 5.75 Å². The van der Waals surface area contributed by atoms with Gasteiger partial charge in [-0.05, 0) is 173 Å². The van der Waals surface area contributed by atoms with E-state index in [2.05, 4.69) is 70.1 Å². The maximum Gasteiger partial charge on any atom is 0.298 e. The molecule has 2 saturated heterocycles. The fraction of sp³-hybridized carbons (Fsp3) is 0.795. The van der Waals surface area contributed by atoms with Crippen LogP contribution in [0.1, 0.15) is 125 Å². The molecule has 284 valence electrons. The van der Waals surface area contributed by atoms with E-state index in [9.17, 15) is 13.2 Å². The largest absolute Gasteiger partial charge is 0.429 e. The number of piperidine rings is 1. The second kappa shape index (κ2) is 13.5. The molecule has 0 spiro atoms. The molecule has 0 radical (unpaired) electrons. The van der Waals surface area contributed by atoms with E-state index in [1.54, 1.807) is 0 Å². The Morgan fingerprint density at radius 2 is 1.57 bits per heavy atom. The van der Waals surface area contributed by atoms with Gasteiger partial charge in [-0.3, -0.25) is 4.79 Å². The van der Waals surface area contributed by atoms with Crippen LogP contribution in [-0.4, -0.2) is 63.0 Å². The third kappa shape index (κ3) is 6.15. The van der Waals surface area contributed by atoms with Crippen molar-refractivity contribution in [2.45, 2.75) is 131 Å². The zero-order chi connectivity index (χ0) is 36.5. The first kappa shape index (κ1) is 37.5. The number of hydrogen-bond donors (Lipinski definition) is 0. The average molecular weight is 721 g/mol. The molecule has 4 saturated carbocycles. The molecular formula is C44H68N2O4S. The minimum atomic E-state index is -2.81. The molecule has 6 fully saturated rings. The van der Waals surface area contributed by atoms with E-state index in [-0.39, 0.29) is 5.54 Å². The van der Waals surface area contributed by atoms with Crippen molar-refractivity contribution in [1.29, 1.82) is 0 Å². The lowest BCUT2D eigenvalue weighted by molar-refractivity contribution is -0.228. The molecule has 4 aliphatic carbocycles. The molecule has 2 aliphatic heterocycles. The summed E-state index contributed by atoms with van der Waals surface area (Å²) in [6.07, 6.45) is 17.3. The molecule has 7 rings (SSSR count). The normalized spacial score (nSPS) is 41.5. The fourth-order valence-corrected chi connectivity index (χ4v) is 15.9. The van der Waals surface area contributed by atoms with Crippen molar-refractivity contribution in [1.82, 2.24) is 4.90 Å². The number of sulfone groups is 1. The van der Waals surface area contributed by atoms with E-state index in [1.165, 1.54) is 94.7 Å². The van der Waals surface area contributed by atoms with Gasteiger partial charge in [-0.2, -0.15) is 0 Å². The molecule has 6 nitrogen and oxygen atoms in total. The Morgan fingerprint density at radius 3 is 2.25 bits per heavy atom. The summed E-state index contributed by atoms with van der Waals surface area (Å²) in [5, 5.41) is 0. The maximum absolute atomic E-state index is 11.9. The highest BCUT2D eigenvalue weighted by Gasteiger charge is 2.70. The highest BCUT2D eigenvalue weighted by Crippen LogP contribution is 2.77. The predicted molar refractivity (Wildman–Crippen MR) is 209 cm³/mol. The molecule has 0 N–H and O–H groups in total. The van der Waals surface area contributed by atoms with Crippen LogP contribution in [0, 0.1) is 51.2 Å². The van der Waals surface area contributed by atoms with Gasteiger partial charge in [0.1, 0.15) is 5.75 Å². The first-order valence-electron chi connectivity index (χ1n) is 20.7. The fourth-order valence-electron chi connectivity index (χ4n) is 14.6. The Labute approximate surface area is 310 Å². The first-order valence-corrected chi connectivity index (χ1v) is 22.5. The molecule has 9 atom stereocenters. The molecular weight excluding hydrogens is 653 g/mol. The molecule has 0 bridgehead atoms.